The monoisotopic (exact) mass is 389 g/mol. The molecule has 1 fully saturated rings. The van der Waals surface area contributed by atoms with Gasteiger partial charge in [0.15, 0.2) is 0 Å². The average molecular weight is 390 g/mol. The normalized spacial score (nSPS) is 15.8. The van der Waals surface area contributed by atoms with Crippen molar-refractivity contribution < 1.29 is 13.2 Å². The van der Waals surface area contributed by atoms with Crippen LogP contribution in [0.4, 0.5) is 11.4 Å². The van der Waals surface area contributed by atoms with Gasteiger partial charge in [-0.05, 0) is 62.5 Å². The molecule has 0 amide bonds. The Morgan fingerprint density at radius 3 is 2.07 bits per heavy atom. The molecule has 6 nitrogen and oxygen atoms in total. The number of ether oxygens (including phenoxy) is 1. The first-order valence-electron chi connectivity index (χ1n) is 9.14. The second kappa shape index (κ2) is 8.84. The van der Waals surface area contributed by atoms with Crippen LogP contribution in [0.1, 0.15) is 5.56 Å². The van der Waals surface area contributed by atoms with E-state index < -0.39 is 10.0 Å². The fourth-order valence-corrected chi connectivity index (χ4v) is 4.33. The molecule has 1 heterocycles. The number of nitrogens with one attached hydrogen (secondary N) is 1. The topological polar surface area (TPSA) is 61.9 Å². The zero-order chi connectivity index (χ0) is 19.3. The minimum absolute atomic E-state index is 0.314. The van der Waals surface area contributed by atoms with Gasteiger partial charge in [-0.1, -0.05) is 12.1 Å². The van der Waals surface area contributed by atoms with E-state index in [4.69, 9.17) is 4.74 Å². The number of rotatable bonds is 7. The van der Waals surface area contributed by atoms with Crippen LogP contribution < -0.4 is 5.32 Å². The van der Waals surface area contributed by atoms with Gasteiger partial charge in [0, 0.05) is 31.0 Å². The van der Waals surface area contributed by atoms with Crippen LogP contribution in [0.15, 0.2) is 53.4 Å². The van der Waals surface area contributed by atoms with Gasteiger partial charge in [-0.15, -0.1) is 0 Å². The van der Waals surface area contributed by atoms with Gasteiger partial charge in [0.2, 0.25) is 10.0 Å². The lowest BCUT2D eigenvalue weighted by Gasteiger charge is -2.26. The van der Waals surface area contributed by atoms with E-state index in [-0.39, 0.29) is 0 Å². The standard InChI is InChI=1S/C20H27N3O3S/c1-22(2)12-11-17-3-5-18(6-4-17)21-19-7-9-20(10-8-19)27(24,25)23-13-15-26-16-14-23/h3-10,21H,11-16H2,1-2H3. The van der Waals surface area contributed by atoms with Gasteiger partial charge in [-0.25, -0.2) is 8.42 Å². The number of sulfonamides is 1. The van der Waals surface area contributed by atoms with Crippen molar-refractivity contribution in [3.8, 4) is 0 Å². The SMILES string of the molecule is CN(C)CCc1ccc(Nc2ccc(S(=O)(=O)N3CCOCC3)cc2)cc1. The zero-order valence-corrected chi connectivity index (χ0v) is 16.7. The summed E-state index contributed by atoms with van der Waals surface area (Å²) in [6.45, 7) is 2.73. The minimum Gasteiger partial charge on any atom is -0.379 e. The number of likely N-dealkylation sites (N-methyl/N-ethyl adjacent to an activating group) is 1. The molecule has 0 unspecified atom stereocenters. The summed E-state index contributed by atoms with van der Waals surface area (Å²) >= 11 is 0. The van der Waals surface area contributed by atoms with E-state index in [1.54, 1.807) is 24.3 Å². The summed E-state index contributed by atoms with van der Waals surface area (Å²) in [5, 5.41) is 3.32. The van der Waals surface area contributed by atoms with Crippen molar-refractivity contribution in [3.05, 3.63) is 54.1 Å². The molecule has 1 saturated heterocycles. The number of nitrogens with zero attached hydrogens (tertiary/aromatic N) is 2. The molecule has 2 aromatic rings. The molecular formula is C20H27N3O3S. The largest absolute Gasteiger partial charge is 0.379 e. The summed E-state index contributed by atoms with van der Waals surface area (Å²) in [5.41, 5.74) is 3.13. The van der Waals surface area contributed by atoms with Crippen molar-refractivity contribution in [1.29, 1.82) is 0 Å². The molecule has 146 valence electrons. The van der Waals surface area contributed by atoms with Gasteiger partial charge in [0.25, 0.3) is 0 Å². The lowest BCUT2D eigenvalue weighted by molar-refractivity contribution is 0.0730. The van der Waals surface area contributed by atoms with Crippen LogP contribution in [-0.4, -0.2) is 64.6 Å². The summed E-state index contributed by atoms with van der Waals surface area (Å²) in [7, 11) is 0.688. The maximum absolute atomic E-state index is 12.7. The highest BCUT2D eigenvalue weighted by molar-refractivity contribution is 7.89. The molecule has 7 heteroatoms. The quantitative estimate of drug-likeness (QED) is 0.789. The van der Waals surface area contributed by atoms with E-state index in [1.807, 2.05) is 12.1 Å². The number of benzene rings is 2. The van der Waals surface area contributed by atoms with Gasteiger partial charge in [-0.2, -0.15) is 4.31 Å². The van der Waals surface area contributed by atoms with E-state index in [0.717, 1.165) is 24.3 Å². The Morgan fingerprint density at radius 2 is 1.52 bits per heavy atom. The Labute approximate surface area is 161 Å². The fourth-order valence-electron chi connectivity index (χ4n) is 2.92. The molecule has 0 aromatic heterocycles. The summed E-state index contributed by atoms with van der Waals surface area (Å²) < 4.78 is 32.0. The van der Waals surface area contributed by atoms with Crippen molar-refractivity contribution in [3.63, 3.8) is 0 Å². The first-order valence-corrected chi connectivity index (χ1v) is 10.6. The van der Waals surface area contributed by atoms with Crippen LogP contribution in [-0.2, 0) is 21.2 Å². The first kappa shape index (κ1) is 19.8. The molecule has 0 saturated carbocycles. The lowest BCUT2D eigenvalue weighted by atomic mass is 10.1. The average Bonchev–Trinajstić information content (AvgIpc) is 2.68. The van der Waals surface area contributed by atoms with Gasteiger partial charge >= 0.3 is 0 Å². The molecule has 0 radical (unpaired) electrons. The number of morpholine rings is 1. The van der Waals surface area contributed by atoms with Crippen molar-refractivity contribution >= 4 is 21.4 Å². The summed E-state index contributed by atoms with van der Waals surface area (Å²) in [4.78, 5) is 2.48. The predicted octanol–water partition coefficient (Wildman–Crippen LogP) is 2.56. The molecule has 0 aliphatic carbocycles. The molecule has 0 atom stereocenters. The van der Waals surface area contributed by atoms with Crippen LogP contribution in [0.3, 0.4) is 0 Å². The first-order chi connectivity index (χ1) is 12.9. The third kappa shape index (κ3) is 5.29. The zero-order valence-electron chi connectivity index (χ0n) is 15.9. The molecule has 1 N–H and O–H groups in total. The molecular weight excluding hydrogens is 362 g/mol. The maximum atomic E-state index is 12.7. The Bertz CT molecular complexity index is 828. The summed E-state index contributed by atoms with van der Waals surface area (Å²) in [6, 6.07) is 15.2. The summed E-state index contributed by atoms with van der Waals surface area (Å²) in [6.07, 6.45) is 1.02. The van der Waals surface area contributed by atoms with Crippen molar-refractivity contribution in [1.82, 2.24) is 9.21 Å². The Kier molecular flexibility index (Phi) is 6.49. The molecule has 0 spiro atoms. The lowest BCUT2D eigenvalue weighted by Crippen LogP contribution is -2.40. The molecule has 27 heavy (non-hydrogen) atoms. The number of hydrogen-bond acceptors (Lipinski definition) is 5. The third-order valence-corrected chi connectivity index (χ3v) is 6.47. The molecule has 2 aromatic carbocycles. The van der Waals surface area contributed by atoms with Gasteiger partial charge < -0.3 is 15.0 Å². The van der Waals surface area contributed by atoms with E-state index in [9.17, 15) is 8.42 Å². The van der Waals surface area contributed by atoms with E-state index in [0.29, 0.717) is 31.2 Å². The van der Waals surface area contributed by atoms with E-state index >= 15 is 0 Å². The highest BCUT2D eigenvalue weighted by atomic mass is 32.2. The third-order valence-electron chi connectivity index (χ3n) is 4.55. The van der Waals surface area contributed by atoms with Crippen LogP contribution in [0, 0.1) is 0 Å². The molecule has 0 bridgehead atoms. The molecule has 1 aliphatic rings. The van der Waals surface area contributed by atoms with E-state index in [2.05, 4.69) is 36.4 Å². The Hall–Kier alpha value is -1.93. The number of anilines is 2. The highest BCUT2D eigenvalue weighted by Crippen LogP contribution is 2.22. The van der Waals surface area contributed by atoms with Crippen molar-refractivity contribution in [2.24, 2.45) is 0 Å². The Balaban J connectivity index is 1.63. The van der Waals surface area contributed by atoms with Gasteiger partial charge in [-0.3, -0.25) is 0 Å². The van der Waals surface area contributed by atoms with Crippen molar-refractivity contribution in [2.75, 3.05) is 52.3 Å². The van der Waals surface area contributed by atoms with Crippen LogP contribution in [0.25, 0.3) is 0 Å². The predicted molar refractivity (Wildman–Crippen MR) is 108 cm³/mol. The smallest absolute Gasteiger partial charge is 0.243 e. The van der Waals surface area contributed by atoms with Gasteiger partial charge in [0.05, 0.1) is 18.1 Å². The fraction of sp³-hybridized carbons (Fsp3) is 0.400. The minimum atomic E-state index is -3.45. The van der Waals surface area contributed by atoms with Crippen LogP contribution >= 0.6 is 0 Å². The van der Waals surface area contributed by atoms with E-state index in [1.165, 1.54) is 9.87 Å². The maximum Gasteiger partial charge on any atom is 0.243 e. The van der Waals surface area contributed by atoms with Crippen molar-refractivity contribution in [2.45, 2.75) is 11.3 Å². The second-order valence-electron chi connectivity index (χ2n) is 6.92. The number of hydrogen-bond donors (Lipinski definition) is 1. The van der Waals surface area contributed by atoms with Gasteiger partial charge in [0.1, 0.15) is 0 Å². The molecule has 3 rings (SSSR count). The molecule has 1 aliphatic heterocycles. The van der Waals surface area contributed by atoms with Crippen LogP contribution in [0.2, 0.25) is 0 Å². The Morgan fingerprint density at radius 1 is 0.963 bits per heavy atom. The highest BCUT2D eigenvalue weighted by Gasteiger charge is 2.26. The van der Waals surface area contributed by atoms with Crippen LogP contribution in [0.5, 0.6) is 0 Å². The second-order valence-corrected chi connectivity index (χ2v) is 8.85. The summed E-state index contributed by atoms with van der Waals surface area (Å²) in [5.74, 6) is 0.